The van der Waals surface area contributed by atoms with Gasteiger partial charge in [0.1, 0.15) is 5.54 Å². The van der Waals surface area contributed by atoms with Crippen LogP contribution in [0.15, 0.2) is 0 Å². The van der Waals surface area contributed by atoms with Gasteiger partial charge in [-0.15, -0.1) is 0 Å². The van der Waals surface area contributed by atoms with Crippen molar-refractivity contribution in [3.8, 4) is 0 Å². The van der Waals surface area contributed by atoms with Crippen LogP contribution in [0.2, 0.25) is 6.32 Å². The van der Waals surface area contributed by atoms with Gasteiger partial charge in [-0.3, -0.25) is 9.59 Å². The Hall–Kier alpha value is -1.12. The molecule has 3 unspecified atom stereocenters. The molecule has 1 saturated heterocycles. The summed E-state index contributed by atoms with van der Waals surface area (Å²) in [5, 5.41) is 6.16. The third kappa shape index (κ3) is 6.45. The Bertz CT molecular complexity index is 658. The van der Waals surface area contributed by atoms with Crippen LogP contribution in [0, 0.1) is 5.92 Å². The minimum atomic E-state index is -0.910. The molecule has 8 heteroatoms. The van der Waals surface area contributed by atoms with Crippen molar-refractivity contribution in [3.05, 3.63) is 0 Å². The maximum atomic E-state index is 13.4. The molecular formula is C23H44BN3O4. The normalized spacial score (nSPS) is 30.4. The number of carbonyl (C=O) groups is 2. The molecule has 2 amide bonds. The number of carbonyl (C=O) groups excluding carboxylic acids is 2. The third-order valence-electron chi connectivity index (χ3n) is 7.01. The van der Waals surface area contributed by atoms with Crippen LogP contribution in [-0.2, 0) is 18.9 Å². The molecule has 31 heavy (non-hydrogen) atoms. The molecule has 0 aromatic carbocycles. The fraction of sp³-hybridized carbons (Fsp3) is 0.913. The van der Waals surface area contributed by atoms with Crippen molar-refractivity contribution in [1.29, 1.82) is 0 Å². The predicted octanol–water partition coefficient (Wildman–Crippen LogP) is 2.99. The second-order valence-corrected chi connectivity index (χ2v) is 11.9. The van der Waals surface area contributed by atoms with Crippen molar-refractivity contribution >= 4 is 18.9 Å². The van der Waals surface area contributed by atoms with E-state index in [1.54, 1.807) is 0 Å². The van der Waals surface area contributed by atoms with E-state index < -0.39 is 5.54 Å². The molecule has 1 heterocycles. The molecule has 3 atom stereocenters. The van der Waals surface area contributed by atoms with E-state index >= 15 is 0 Å². The highest BCUT2D eigenvalue weighted by Gasteiger charge is 2.52. The molecule has 0 radical (unpaired) electrons. The Morgan fingerprint density at radius 1 is 1.06 bits per heavy atom. The standard InChI is InChI=1S/C23H44BN3O4/c1-16(28)25-23(19(29)26-20(2,3)4)14-17(13-18(15-23)27(9)10)11-12-24-30-21(5,6)22(7,8)31-24/h17-18H,11-15H2,1-10H3,(H,25,28)(H,26,29). The molecule has 1 saturated carbocycles. The summed E-state index contributed by atoms with van der Waals surface area (Å²) in [5.41, 5.74) is -1.97. The van der Waals surface area contributed by atoms with E-state index in [4.69, 9.17) is 9.31 Å². The number of nitrogens with one attached hydrogen (secondary N) is 2. The van der Waals surface area contributed by atoms with Gasteiger partial charge in [-0.2, -0.15) is 0 Å². The molecular weight excluding hydrogens is 393 g/mol. The lowest BCUT2D eigenvalue weighted by Crippen LogP contribution is -2.65. The van der Waals surface area contributed by atoms with Crippen molar-refractivity contribution < 1.29 is 18.9 Å². The summed E-state index contributed by atoms with van der Waals surface area (Å²) in [7, 11) is 3.84. The number of amides is 2. The van der Waals surface area contributed by atoms with E-state index in [1.807, 2.05) is 34.9 Å². The van der Waals surface area contributed by atoms with Gasteiger partial charge in [0.05, 0.1) is 11.2 Å². The fourth-order valence-electron chi connectivity index (χ4n) is 4.74. The number of hydrogen-bond acceptors (Lipinski definition) is 5. The Morgan fingerprint density at radius 2 is 1.61 bits per heavy atom. The minimum Gasteiger partial charge on any atom is -0.403 e. The van der Waals surface area contributed by atoms with Crippen LogP contribution in [0.5, 0.6) is 0 Å². The molecule has 2 aliphatic rings. The van der Waals surface area contributed by atoms with Crippen LogP contribution >= 0.6 is 0 Å². The van der Waals surface area contributed by atoms with Gasteiger partial charge in [-0.05, 0) is 94.1 Å². The minimum absolute atomic E-state index is 0.0950. The highest BCUT2D eigenvalue weighted by Crippen LogP contribution is 2.41. The largest absolute Gasteiger partial charge is 0.457 e. The lowest BCUT2D eigenvalue weighted by Gasteiger charge is -2.46. The molecule has 0 aromatic rings. The van der Waals surface area contributed by atoms with E-state index in [-0.39, 0.29) is 47.6 Å². The molecule has 7 nitrogen and oxygen atoms in total. The molecule has 0 bridgehead atoms. The predicted molar refractivity (Wildman–Crippen MR) is 125 cm³/mol. The smallest absolute Gasteiger partial charge is 0.403 e. The van der Waals surface area contributed by atoms with Gasteiger partial charge in [-0.1, -0.05) is 6.42 Å². The Morgan fingerprint density at radius 3 is 2.06 bits per heavy atom. The first-order chi connectivity index (χ1) is 14.0. The van der Waals surface area contributed by atoms with Crippen LogP contribution in [-0.4, -0.2) is 66.2 Å². The first-order valence-electron chi connectivity index (χ1n) is 11.6. The topological polar surface area (TPSA) is 79.9 Å². The monoisotopic (exact) mass is 437 g/mol. The highest BCUT2D eigenvalue weighted by atomic mass is 16.7. The van der Waals surface area contributed by atoms with Crippen LogP contribution in [0.3, 0.4) is 0 Å². The zero-order chi connectivity index (χ0) is 23.8. The number of hydrogen-bond donors (Lipinski definition) is 2. The molecule has 2 rings (SSSR count). The molecule has 2 fully saturated rings. The van der Waals surface area contributed by atoms with E-state index in [0.29, 0.717) is 12.8 Å². The summed E-state index contributed by atoms with van der Waals surface area (Å²) in [5.74, 6) is 0.00769. The zero-order valence-corrected chi connectivity index (χ0v) is 21.3. The SMILES string of the molecule is CC(=O)NC1(C(=O)NC(C)(C)C)CC(CCB2OC(C)(C)C(C)(C)O2)CC(N(C)C)C1. The van der Waals surface area contributed by atoms with Crippen molar-refractivity contribution in [3.63, 3.8) is 0 Å². The molecule has 178 valence electrons. The molecule has 2 N–H and O–H groups in total. The van der Waals surface area contributed by atoms with Crippen LogP contribution < -0.4 is 10.6 Å². The summed E-state index contributed by atoms with van der Waals surface area (Å²) < 4.78 is 12.4. The zero-order valence-electron chi connectivity index (χ0n) is 21.3. The van der Waals surface area contributed by atoms with E-state index in [1.165, 1.54) is 6.92 Å². The Labute approximate surface area is 189 Å². The summed E-state index contributed by atoms with van der Waals surface area (Å²) >= 11 is 0. The third-order valence-corrected chi connectivity index (χ3v) is 7.01. The summed E-state index contributed by atoms with van der Waals surface area (Å²) in [6.07, 6.45) is 3.86. The van der Waals surface area contributed by atoms with Gasteiger partial charge in [0.15, 0.2) is 0 Å². The fourth-order valence-corrected chi connectivity index (χ4v) is 4.74. The van der Waals surface area contributed by atoms with Crippen LogP contribution in [0.25, 0.3) is 0 Å². The number of rotatable bonds is 6. The van der Waals surface area contributed by atoms with E-state index in [0.717, 1.165) is 19.2 Å². The summed E-state index contributed by atoms with van der Waals surface area (Å²) in [4.78, 5) is 27.7. The van der Waals surface area contributed by atoms with Crippen LogP contribution in [0.4, 0.5) is 0 Å². The highest BCUT2D eigenvalue weighted by molar-refractivity contribution is 6.45. The lowest BCUT2D eigenvalue weighted by molar-refractivity contribution is -0.137. The van der Waals surface area contributed by atoms with Gasteiger partial charge < -0.3 is 24.8 Å². The number of nitrogens with zero attached hydrogens (tertiary/aromatic N) is 1. The molecule has 0 spiro atoms. The van der Waals surface area contributed by atoms with Gasteiger partial charge in [0.25, 0.3) is 0 Å². The van der Waals surface area contributed by atoms with Crippen molar-refractivity contribution in [2.75, 3.05) is 14.1 Å². The van der Waals surface area contributed by atoms with Gasteiger partial charge in [-0.25, -0.2) is 0 Å². The first kappa shape index (κ1) is 26.1. The Kier molecular flexibility index (Phi) is 7.61. The lowest BCUT2D eigenvalue weighted by atomic mass is 9.68. The second kappa shape index (κ2) is 9.03. The molecule has 0 aromatic heterocycles. The average molecular weight is 437 g/mol. The second-order valence-electron chi connectivity index (χ2n) is 11.9. The maximum Gasteiger partial charge on any atom is 0.457 e. The summed E-state index contributed by atoms with van der Waals surface area (Å²) in [6.45, 7) is 15.6. The van der Waals surface area contributed by atoms with E-state index in [2.05, 4.69) is 43.2 Å². The van der Waals surface area contributed by atoms with Gasteiger partial charge >= 0.3 is 7.12 Å². The summed E-state index contributed by atoms with van der Waals surface area (Å²) in [6, 6.07) is 0.203. The maximum absolute atomic E-state index is 13.4. The first-order valence-corrected chi connectivity index (χ1v) is 11.6. The van der Waals surface area contributed by atoms with Crippen molar-refractivity contribution in [1.82, 2.24) is 15.5 Å². The molecule has 1 aliphatic heterocycles. The average Bonchev–Trinajstić information content (AvgIpc) is 2.77. The van der Waals surface area contributed by atoms with Crippen molar-refractivity contribution in [2.24, 2.45) is 5.92 Å². The van der Waals surface area contributed by atoms with Gasteiger partial charge in [0.2, 0.25) is 11.8 Å². The van der Waals surface area contributed by atoms with E-state index in [9.17, 15) is 9.59 Å². The van der Waals surface area contributed by atoms with Gasteiger partial charge in [0, 0.05) is 18.5 Å². The Balaban J connectivity index is 2.20. The van der Waals surface area contributed by atoms with Crippen LogP contribution in [0.1, 0.15) is 81.1 Å². The quantitative estimate of drug-likeness (QED) is 0.625. The molecule has 1 aliphatic carbocycles. The van der Waals surface area contributed by atoms with Crippen molar-refractivity contribution in [2.45, 2.75) is 116 Å².